The van der Waals surface area contributed by atoms with Crippen LogP contribution >= 0.6 is 11.3 Å². The van der Waals surface area contributed by atoms with Crippen molar-refractivity contribution in [2.75, 3.05) is 33.3 Å². The Morgan fingerprint density at radius 3 is 2.74 bits per heavy atom. The zero-order valence-electron chi connectivity index (χ0n) is 17.9. The lowest BCUT2D eigenvalue weighted by atomic mass is 10.2. The molecule has 0 aliphatic heterocycles. The van der Waals surface area contributed by atoms with Gasteiger partial charge in [-0.15, -0.1) is 11.3 Å². The molecule has 1 amide bonds. The number of anilines is 1. The molecule has 3 aromatic heterocycles. The molecule has 8 nitrogen and oxygen atoms in total. The maximum Gasteiger partial charge on any atom is 0.266 e. The summed E-state index contributed by atoms with van der Waals surface area (Å²) in [5.74, 6) is 0.779. The molecule has 1 aromatic carbocycles. The molecule has 4 rings (SSSR count). The van der Waals surface area contributed by atoms with E-state index in [4.69, 9.17) is 14.2 Å². The minimum Gasteiger partial charge on any atom is -0.480 e. The minimum absolute atomic E-state index is 0.186. The van der Waals surface area contributed by atoms with E-state index in [1.807, 2.05) is 37.4 Å². The number of carbonyl (C=O) groups excluding carboxylic acids is 1. The average Bonchev–Trinajstić information content (AvgIpc) is 3.32. The van der Waals surface area contributed by atoms with Crippen molar-refractivity contribution in [3.63, 3.8) is 0 Å². The smallest absolute Gasteiger partial charge is 0.266 e. The summed E-state index contributed by atoms with van der Waals surface area (Å²) in [6.45, 7) is 3.58. The van der Waals surface area contributed by atoms with Crippen LogP contribution in [-0.2, 0) is 22.6 Å². The topological polar surface area (TPSA) is 87.5 Å². The predicted molar refractivity (Wildman–Crippen MR) is 121 cm³/mol. The number of aryl methyl sites for hydroxylation is 1. The van der Waals surface area contributed by atoms with Crippen LogP contribution in [0.15, 0.2) is 30.5 Å². The van der Waals surface area contributed by atoms with Crippen LogP contribution in [0, 0.1) is 6.92 Å². The van der Waals surface area contributed by atoms with Gasteiger partial charge >= 0.3 is 0 Å². The summed E-state index contributed by atoms with van der Waals surface area (Å²) in [6, 6.07) is 7.91. The highest BCUT2D eigenvalue weighted by atomic mass is 32.1. The molecule has 3 heterocycles. The molecule has 162 valence electrons. The van der Waals surface area contributed by atoms with Gasteiger partial charge < -0.3 is 24.1 Å². The van der Waals surface area contributed by atoms with Gasteiger partial charge in [0.15, 0.2) is 5.82 Å². The maximum atomic E-state index is 13.1. The quantitative estimate of drug-likeness (QED) is 0.445. The first-order valence-electron chi connectivity index (χ1n) is 9.77. The molecule has 31 heavy (non-hydrogen) atoms. The molecular weight excluding hydrogens is 416 g/mol. The Morgan fingerprint density at radius 1 is 1.16 bits per heavy atom. The Bertz CT molecular complexity index is 1250. The number of nitrogens with zero attached hydrogens (tertiary/aromatic N) is 3. The first kappa shape index (κ1) is 21.2. The molecule has 0 atom stereocenters. The molecule has 0 saturated heterocycles. The molecule has 4 aromatic rings. The van der Waals surface area contributed by atoms with Crippen molar-refractivity contribution in [3.8, 4) is 5.88 Å². The maximum absolute atomic E-state index is 13.1. The summed E-state index contributed by atoms with van der Waals surface area (Å²) in [4.78, 5) is 23.3. The van der Waals surface area contributed by atoms with E-state index in [0.717, 1.165) is 34.1 Å². The molecule has 9 heteroatoms. The van der Waals surface area contributed by atoms with Crippen LogP contribution < -0.4 is 10.1 Å². The third kappa shape index (κ3) is 4.12. The van der Waals surface area contributed by atoms with Crippen LogP contribution in [0.1, 0.15) is 21.1 Å². The number of fused-ring (bicyclic) bond motifs is 2. The summed E-state index contributed by atoms with van der Waals surface area (Å²) >= 11 is 1.32. The molecular formula is C22H24N4O4S. The number of aromatic nitrogens is 3. The third-order valence-corrected chi connectivity index (χ3v) is 6.23. The fourth-order valence-corrected chi connectivity index (χ4v) is 4.64. The fraction of sp³-hybridized carbons (Fsp3) is 0.318. The van der Waals surface area contributed by atoms with Crippen molar-refractivity contribution in [1.82, 2.24) is 14.5 Å². The van der Waals surface area contributed by atoms with E-state index in [1.54, 1.807) is 21.3 Å². The lowest BCUT2D eigenvalue weighted by molar-refractivity contribution is 0.103. The number of methoxy groups -OCH3 is 3. The third-order valence-electron chi connectivity index (χ3n) is 5.04. The van der Waals surface area contributed by atoms with Crippen molar-refractivity contribution in [2.24, 2.45) is 0 Å². The van der Waals surface area contributed by atoms with Gasteiger partial charge in [-0.2, -0.15) is 4.98 Å². The lowest BCUT2D eigenvalue weighted by Crippen LogP contribution is -2.11. The van der Waals surface area contributed by atoms with Crippen molar-refractivity contribution in [3.05, 3.63) is 46.7 Å². The van der Waals surface area contributed by atoms with E-state index in [0.29, 0.717) is 28.0 Å². The van der Waals surface area contributed by atoms with Crippen molar-refractivity contribution < 1.29 is 19.0 Å². The van der Waals surface area contributed by atoms with Gasteiger partial charge in [-0.25, -0.2) is 4.98 Å². The summed E-state index contributed by atoms with van der Waals surface area (Å²) < 4.78 is 17.9. The van der Waals surface area contributed by atoms with Gasteiger partial charge in [-0.3, -0.25) is 4.79 Å². The van der Waals surface area contributed by atoms with Gasteiger partial charge in [0.25, 0.3) is 5.91 Å². The van der Waals surface area contributed by atoms with Gasteiger partial charge in [-0.1, -0.05) is 0 Å². The Kier molecular flexibility index (Phi) is 6.17. The summed E-state index contributed by atoms with van der Waals surface area (Å²) in [7, 11) is 4.83. The summed E-state index contributed by atoms with van der Waals surface area (Å²) in [5, 5.41) is 4.81. The number of thiophene rings is 1. The van der Waals surface area contributed by atoms with Gasteiger partial charge in [0.05, 0.1) is 24.0 Å². The number of amides is 1. The molecule has 0 unspecified atom stereocenters. The summed E-state index contributed by atoms with van der Waals surface area (Å²) in [5.41, 5.74) is 2.63. The monoisotopic (exact) mass is 440 g/mol. The van der Waals surface area contributed by atoms with Crippen LogP contribution in [-0.4, -0.2) is 48.4 Å². The van der Waals surface area contributed by atoms with E-state index in [-0.39, 0.29) is 12.5 Å². The van der Waals surface area contributed by atoms with Crippen LogP contribution in [0.5, 0.6) is 5.88 Å². The molecule has 0 spiro atoms. The van der Waals surface area contributed by atoms with Gasteiger partial charge in [0.2, 0.25) is 5.88 Å². The Labute approximate surface area is 183 Å². The normalized spacial score (nSPS) is 11.4. The lowest BCUT2D eigenvalue weighted by Gasteiger charge is -2.07. The van der Waals surface area contributed by atoms with Crippen LogP contribution in [0.25, 0.3) is 21.1 Å². The number of carbonyl (C=O) groups is 1. The van der Waals surface area contributed by atoms with Crippen LogP contribution in [0.3, 0.4) is 0 Å². The minimum atomic E-state index is -0.186. The summed E-state index contributed by atoms with van der Waals surface area (Å²) in [6.07, 6.45) is 2.02. The highest BCUT2D eigenvalue weighted by Gasteiger charge is 2.21. The van der Waals surface area contributed by atoms with E-state index in [2.05, 4.69) is 19.9 Å². The van der Waals surface area contributed by atoms with Gasteiger partial charge in [0.1, 0.15) is 11.4 Å². The number of benzene rings is 1. The van der Waals surface area contributed by atoms with Crippen LogP contribution in [0.2, 0.25) is 0 Å². The number of nitrogens with one attached hydrogen (secondary N) is 1. The molecule has 1 N–H and O–H groups in total. The number of rotatable bonds is 8. The van der Waals surface area contributed by atoms with E-state index in [1.165, 1.54) is 11.3 Å². The second kappa shape index (κ2) is 9.01. The molecule has 0 aliphatic carbocycles. The molecule has 0 bridgehead atoms. The predicted octanol–water partition coefficient (Wildman–Crippen LogP) is 4.01. The largest absolute Gasteiger partial charge is 0.480 e. The molecule has 0 saturated carbocycles. The second-order valence-electron chi connectivity index (χ2n) is 7.05. The highest BCUT2D eigenvalue weighted by Crippen LogP contribution is 2.35. The SMILES string of the molecule is COCCn1ccc2cc(NC(=O)c3sc4nc(COC)nc(OC)c4c3C)ccc21. The van der Waals surface area contributed by atoms with Crippen LogP contribution in [0.4, 0.5) is 5.69 Å². The first-order valence-corrected chi connectivity index (χ1v) is 10.6. The van der Waals surface area contributed by atoms with E-state index >= 15 is 0 Å². The van der Waals surface area contributed by atoms with Crippen molar-refractivity contribution in [2.45, 2.75) is 20.1 Å². The van der Waals surface area contributed by atoms with Gasteiger partial charge in [0, 0.05) is 43.6 Å². The number of hydrogen-bond donors (Lipinski definition) is 1. The highest BCUT2D eigenvalue weighted by molar-refractivity contribution is 7.20. The van der Waals surface area contributed by atoms with E-state index in [9.17, 15) is 4.79 Å². The van der Waals surface area contributed by atoms with Gasteiger partial charge in [-0.05, 0) is 36.8 Å². The zero-order chi connectivity index (χ0) is 22.0. The molecule has 0 radical (unpaired) electrons. The fourth-order valence-electron chi connectivity index (χ4n) is 3.55. The van der Waals surface area contributed by atoms with E-state index < -0.39 is 0 Å². The first-order chi connectivity index (χ1) is 15.0. The number of hydrogen-bond acceptors (Lipinski definition) is 7. The molecule has 0 aliphatic rings. The Balaban J connectivity index is 1.63. The average molecular weight is 441 g/mol. The standard InChI is InChI=1S/C22H24N4O4S/c1-13-18-21(30-4)24-17(12-29-3)25-22(18)31-19(13)20(27)23-15-5-6-16-14(11-15)7-8-26(16)9-10-28-2/h5-8,11H,9-10,12H2,1-4H3,(H,23,27). The van der Waals surface area contributed by atoms with Crippen molar-refractivity contribution in [1.29, 1.82) is 0 Å². The Hall–Kier alpha value is -3.01. The number of ether oxygens (including phenoxy) is 3. The second-order valence-corrected chi connectivity index (χ2v) is 8.05. The zero-order valence-corrected chi connectivity index (χ0v) is 18.7. The molecule has 0 fully saturated rings. The Morgan fingerprint density at radius 2 is 2.00 bits per heavy atom. The van der Waals surface area contributed by atoms with Crippen molar-refractivity contribution >= 4 is 44.1 Å².